The van der Waals surface area contributed by atoms with Crippen LogP contribution in [0.1, 0.15) is 17.3 Å². The third-order valence-electron chi connectivity index (χ3n) is 5.61. The molecular formula is C24H25N5O3S. The Morgan fingerprint density at radius 3 is 2.79 bits per heavy atom. The lowest BCUT2D eigenvalue weighted by Gasteiger charge is -2.29. The summed E-state index contributed by atoms with van der Waals surface area (Å²) in [6.45, 7) is 6.95. The van der Waals surface area contributed by atoms with Gasteiger partial charge in [-0.05, 0) is 37.3 Å². The largest absolute Gasteiger partial charge is 0.492 e. The van der Waals surface area contributed by atoms with E-state index in [4.69, 9.17) is 14.5 Å². The van der Waals surface area contributed by atoms with Crippen molar-refractivity contribution in [1.82, 2.24) is 19.9 Å². The molecular weight excluding hydrogens is 438 g/mol. The van der Waals surface area contributed by atoms with Gasteiger partial charge in [-0.25, -0.2) is 4.98 Å². The molecule has 0 atom stereocenters. The highest BCUT2D eigenvalue weighted by molar-refractivity contribution is 7.22. The molecule has 9 heteroatoms. The predicted octanol–water partition coefficient (Wildman–Crippen LogP) is 3.62. The van der Waals surface area contributed by atoms with E-state index in [0.29, 0.717) is 29.4 Å². The Balaban J connectivity index is 1.49. The highest BCUT2D eigenvalue weighted by Gasteiger charge is 2.24. The molecule has 1 saturated heterocycles. The fraction of sp³-hybridized carbons (Fsp3) is 0.333. The summed E-state index contributed by atoms with van der Waals surface area (Å²) in [6, 6.07) is 11.3. The fourth-order valence-corrected chi connectivity index (χ4v) is 4.91. The van der Waals surface area contributed by atoms with Crippen molar-refractivity contribution in [2.24, 2.45) is 0 Å². The predicted molar refractivity (Wildman–Crippen MR) is 129 cm³/mol. The summed E-state index contributed by atoms with van der Waals surface area (Å²) >= 11 is 1.50. The number of thiazole rings is 1. The summed E-state index contributed by atoms with van der Waals surface area (Å²) in [5.41, 5.74) is 2.80. The molecule has 2 aromatic carbocycles. The lowest BCUT2D eigenvalue weighted by atomic mass is 10.1. The van der Waals surface area contributed by atoms with E-state index in [0.717, 1.165) is 54.3 Å². The zero-order valence-electron chi connectivity index (χ0n) is 18.4. The zero-order chi connectivity index (χ0) is 22.6. The van der Waals surface area contributed by atoms with Crippen molar-refractivity contribution >= 4 is 43.6 Å². The number of fused-ring (bicyclic) bond motifs is 2. The molecule has 1 aliphatic heterocycles. The van der Waals surface area contributed by atoms with Crippen LogP contribution in [-0.4, -0.2) is 71.8 Å². The van der Waals surface area contributed by atoms with Gasteiger partial charge < -0.3 is 9.47 Å². The number of carbonyl (C=O) groups excluding carboxylic acids is 1. The van der Waals surface area contributed by atoms with Crippen LogP contribution in [0.15, 0.2) is 48.8 Å². The van der Waals surface area contributed by atoms with Gasteiger partial charge >= 0.3 is 0 Å². The second kappa shape index (κ2) is 9.78. The maximum atomic E-state index is 13.7. The van der Waals surface area contributed by atoms with Crippen molar-refractivity contribution in [3.05, 3.63) is 54.4 Å². The molecule has 33 heavy (non-hydrogen) atoms. The first kappa shape index (κ1) is 21.7. The number of carbonyl (C=O) groups is 1. The van der Waals surface area contributed by atoms with Crippen molar-refractivity contribution in [3.8, 4) is 5.75 Å². The highest BCUT2D eigenvalue weighted by atomic mass is 32.1. The van der Waals surface area contributed by atoms with E-state index < -0.39 is 0 Å². The van der Waals surface area contributed by atoms with Crippen LogP contribution in [0.5, 0.6) is 5.75 Å². The normalized spacial score (nSPS) is 14.6. The van der Waals surface area contributed by atoms with Gasteiger partial charge in [0.1, 0.15) is 11.3 Å². The Labute approximate surface area is 195 Å². The fourth-order valence-electron chi connectivity index (χ4n) is 3.90. The number of aromatic nitrogens is 3. The quantitative estimate of drug-likeness (QED) is 0.414. The van der Waals surface area contributed by atoms with E-state index in [1.807, 2.05) is 31.2 Å². The van der Waals surface area contributed by atoms with E-state index in [9.17, 15) is 4.79 Å². The van der Waals surface area contributed by atoms with Gasteiger partial charge in [-0.1, -0.05) is 17.4 Å². The number of rotatable bonds is 7. The highest BCUT2D eigenvalue weighted by Crippen LogP contribution is 2.35. The number of anilines is 1. The number of ether oxygens (including phenoxy) is 2. The topological polar surface area (TPSA) is 80.7 Å². The second-order valence-corrected chi connectivity index (χ2v) is 8.71. The zero-order valence-corrected chi connectivity index (χ0v) is 19.3. The van der Waals surface area contributed by atoms with Crippen LogP contribution in [0.4, 0.5) is 5.13 Å². The van der Waals surface area contributed by atoms with Gasteiger partial charge in [-0.2, -0.15) is 0 Å². The molecule has 0 aliphatic carbocycles. The molecule has 8 nitrogen and oxygen atoms in total. The lowest BCUT2D eigenvalue weighted by Crippen LogP contribution is -2.43. The lowest BCUT2D eigenvalue weighted by molar-refractivity contribution is 0.0391. The number of benzene rings is 2. The minimum atomic E-state index is -0.104. The van der Waals surface area contributed by atoms with Crippen LogP contribution in [0.25, 0.3) is 21.3 Å². The Morgan fingerprint density at radius 2 is 1.97 bits per heavy atom. The first-order valence-corrected chi connectivity index (χ1v) is 11.9. The molecule has 1 aliphatic rings. The van der Waals surface area contributed by atoms with Crippen molar-refractivity contribution < 1.29 is 14.3 Å². The molecule has 3 heterocycles. The Kier molecular flexibility index (Phi) is 6.43. The maximum absolute atomic E-state index is 13.7. The van der Waals surface area contributed by atoms with E-state index in [2.05, 4.69) is 14.9 Å². The standard InChI is InChI=1S/C24H25N5O3S/c1-2-32-20-4-3-5-21-22(20)27-24(33-21)29(11-10-28-12-14-31-15-13-28)23(30)17-6-7-18-19(16-17)26-9-8-25-18/h3-9,16H,2,10-15H2,1H3. The first-order valence-electron chi connectivity index (χ1n) is 11.1. The molecule has 0 radical (unpaired) electrons. The molecule has 4 aromatic rings. The number of nitrogens with zero attached hydrogens (tertiary/aromatic N) is 5. The van der Waals surface area contributed by atoms with Gasteiger partial charge in [0.05, 0.1) is 35.6 Å². The van der Waals surface area contributed by atoms with Crippen molar-refractivity contribution in [2.45, 2.75) is 6.92 Å². The summed E-state index contributed by atoms with van der Waals surface area (Å²) in [4.78, 5) is 31.3. The molecule has 0 saturated carbocycles. The molecule has 2 aromatic heterocycles. The second-order valence-electron chi connectivity index (χ2n) is 7.70. The Hall–Kier alpha value is -3.14. The monoisotopic (exact) mass is 463 g/mol. The Morgan fingerprint density at radius 1 is 1.15 bits per heavy atom. The number of hydrogen-bond donors (Lipinski definition) is 0. The number of para-hydroxylation sites is 1. The molecule has 1 amide bonds. The number of amides is 1. The van der Waals surface area contributed by atoms with Gasteiger partial charge in [0.25, 0.3) is 5.91 Å². The van der Waals surface area contributed by atoms with Crippen LogP contribution >= 0.6 is 11.3 Å². The van der Waals surface area contributed by atoms with Gasteiger partial charge in [-0.3, -0.25) is 24.6 Å². The van der Waals surface area contributed by atoms with Crippen LogP contribution in [-0.2, 0) is 4.74 Å². The first-order chi connectivity index (χ1) is 16.2. The molecule has 0 spiro atoms. The van der Waals surface area contributed by atoms with E-state index in [1.54, 1.807) is 29.4 Å². The summed E-state index contributed by atoms with van der Waals surface area (Å²) in [7, 11) is 0. The summed E-state index contributed by atoms with van der Waals surface area (Å²) in [5.74, 6) is 0.631. The molecule has 0 unspecified atom stereocenters. The van der Waals surface area contributed by atoms with Gasteiger partial charge in [0.2, 0.25) is 0 Å². The Bertz CT molecular complexity index is 1270. The van der Waals surface area contributed by atoms with Crippen LogP contribution < -0.4 is 9.64 Å². The third-order valence-corrected chi connectivity index (χ3v) is 6.65. The van der Waals surface area contributed by atoms with E-state index in [1.165, 1.54) is 11.3 Å². The molecule has 5 rings (SSSR count). The minimum Gasteiger partial charge on any atom is -0.492 e. The molecule has 0 bridgehead atoms. The van der Waals surface area contributed by atoms with Crippen molar-refractivity contribution in [3.63, 3.8) is 0 Å². The SMILES string of the molecule is CCOc1cccc2sc(N(CCN3CCOCC3)C(=O)c3ccc4nccnc4c3)nc12. The average molecular weight is 464 g/mol. The number of hydrogen-bond acceptors (Lipinski definition) is 8. The van der Waals surface area contributed by atoms with Gasteiger partial charge in [0.15, 0.2) is 5.13 Å². The molecule has 170 valence electrons. The third kappa shape index (κ3) is 4.66. The van der Waals surface area contributed by atoms with E-state index >= 15 is 0 Å². The van der Waals surface area contributed by atoms with Crippen LogP contribution in [0.3, 0.4) is 0 Å². The average Bonchev–Trinajstić information content (AvgIpc) is 3.29. The molecule has 0 N–H and O–H groups in total. The van der Waals surface area contributed by atoms with Gasteiger partial charge in [-0.15, -0.1) is 0 Å². The summed E-state index contributed by atoms with van der Waals surface area (Å²) in [6.07, 6.45) is 3.28. The van der Waals surface area contributed by atoms with E-state index in [-0.39, 0.29) is 5.91 Å². The maximum Gasteiger partial charge on any atom is 0.260 e. The van der Waals surface area contributed by atoms with Crippen molar-refractivity contribution in [2.75, 3.05) is 50.9 Å². The summed E-state index contributed by atoms with van der Waals surface area (Å²) in [5, 5.41) is 0.662. The smallest absolute Gasteiger partial charge is 0.260 e. The minimum absolute atomic E-state index is 0.104. The van der Waals surface area contributed by atoms with Crippen LogP contribution in [0, 0.1) is 0 Å². The van der Waals surface area contributed by atoms with Crippen molar-refractivity contribution in [1.29, 1.82) is 0 Å². The molecule has 1 fully saturated rings. The van der Waals surface area contributed by atoms with Crippen LogP contribution in [0.2, 0.25) is 0 Å². The number of morpholine rings is 1. The van der Waals surface area contributed by atoms with Gasteiger partial charge in [0, 0.05) is 44.1 Å². The summed E-state index contributed by atoms with van der Waals surface area (Å²) < 4.78 is 12.2.